The molecule has 1 amide bonds. The number of para-hydroxylation sites is 1. The molecule has 0 aliphatic carbocycles. The van der Waals surface area contributed by atoms with E-state index in [1.165, 1.54) is 30.6 Å². The van der Waals surface area contributed by atoms with Crippen molar-refractivity contribution in [2.45, 2.75) is 18.4 Å². The van der Waals surface area contributed by atoms with Crippen LogP contribution in [0.1, 0.15) is 21.5 Å². The normalized spacial score (nSPS) is 11.3. The first-order valence-corrected chi connectivity index (χ1v) is 10.8. The number of nitrogens with zero attached hydrogens (tertiary/aromatic N) is 1. The zero-order valence-corrected chi connectivity index (χ0v) is 17.9. The summed E-state index contributed by atoms with van der Waals surface area (Å²) < 4.78 is 32.9. The fourth-order valence-electron chi connectivity index (χ4n) is 3.02. The van der Waals surface area contributed by atoms with Gasteiger partial charge in [-0.15, -0.1) is 0 Å². The number of benzene rings is 3. The first-order valence-electron chi connectivity index (χ1n) is 9.38. The molecular weight excluding hydrogens is 400 g/mol. The Kier molecular flexibility index (Phi) is 6.54. The van der Waals surface area contributed by atoms with Crippen molar-refractivity contribution in [3.8, 4) is 5.75 Å². The molecule has 6 nitrogen and oxygen atoms in total. The van der Waals surface area contributed by atoms with Crippen molar-refractivity contribution < 1.29 is 17.9 Å². The van der Waals surface area contributed by atoms with Crippen LogP contribution in [0.4, 0.5) is 5.69 Å². The third-order valence-corrected chi connectivity index (χ3v) is 6.58. The van der Waals surface area contributed by atoms with Gasteiger partial charge in [0.2, 0.25) is 10.0 Å². The second kappa shape index (κ2) is 9.11. The number of ether oxygens (including phenoxy) is 1. The molecule has 0 aromatic heterocycles. The molecule has 7 heteroatoms. The van der Waals surface area contributed by atoms with E-state index in [4.69, 9.17) is 4.74 Å². The summed E-state index contributed by atoms with van der Waals surface area (Å²) in [5.74, 6) is -0.212. The largest absolute Gasteiger partial charge is 0.495 e. The van der Waals surface area contributed by atoms with Gasteiger partial charge in [0.15, 0.2) is 0 Å². The molecule has 0 heterocycles. The van der Waals surface area contributed by atoms with E-state index in [1.807, 2.05) is 55.5 Å². The molecule has 3 aromatic carbocycles. The van der Waals surface area contributed by atoms with Crippen molar-refractivity contribution in [2.24, 2.45) is 0 Å². The predicted octanol–water partition coefficient (Wildman–Crippen LogP) is 4.08. The Morgan fingerprint density at radius 1 is 1.00 bits per heavy atom. The summed E-state index contributed by atoms with van der Waals surface area (Å²) in [6.45, 7) is 2.09. The van der Waals surface area contributed by atoms with Crippen LogP contribution in [0.5, 0.6) is 5.75 Å². The number of methoxy groups -OCH3 is 1. The zero-order chi connectivity index (χ0) is 21.7. The second-order valence-corrected chi connectivity index (χ2v) is 8.89. The lowest BCUT2D eigenvalue weighted by molar-refractivity contribution is 0.102. The van der Waals surface area contributed by atoms with Gasteiger partial charge in [0.1, 0.15) is 10.6 Å². The number of rotatable bonds is 7. The molecule has 0 aliphatic rings. The molecule has 3 aromatic rings. The Balaban J connectivity index is 1.91. The summed E-state index contributed by atoms with van der Waals surface area (Å²) >= 11 is 0. The number of aryl methyl sites for hydroxylation is 1. The summed E-state index contributed by atoms with van der Waals surface area (Å²) in [6, 6.07) is 21.1. The topological polar surface area (TPSA) is 75.7 Å². The molecule has 0 saturated heterocycles. The number of carbonyl (C=O) groups excluding carboxylic acids is 1. The Hall–Kier alpha value is -3.16. The van der Waals surface area contributed by atoms with E-state index in [-0.39, 0.29) is 22.8 Å². The van der Waals surface area contributed by atoms with Crippen molar-refractivity contribution in [1.29, 1.82) is 0 Å². The van der Waals surface area contributed by atoms with Crippen LogP contribution in [0, 0.1) is 6.92 Å². The third-order valence-electron chi connectivity index (χ3n) is 4.76. The van der Waals surface area contributed by atoms with E-state index >= 15 is 0 Å². The highest BCUT2D eigenvalue weighted by Crippen LogP contribution is 2.28. The minimum Gasteiger partial charge on any atom is -0.495 e. The highest BCUT2D eigenvalue weighted by molar-refractivity contribution is 7.89. The van der Waals surface area contributed by atoms with Crippen molar-refractivity contribution in [3.63, 3.8) is 0 Å². The van der Waals surface area contributed by atoms with Crippen molar-refractivity contribution >= 4 is 21.6 Å². The first kappa shape index (κ1) is 21.5. The average Bonchev–Trinajstić information content (AvgIpc) is 2.75. The van der Waals surface area contributed by atoms with Crippen molar-refractivity contribution in [2.75, 3.05) is 19.5 Å². The van der Waals surface area contributed by atoms with Gasteiger partial charge in [-0.25, -0.2) is 8.42 Å². The minimum absolute atomic E-state index is 0.0548. The maximum absolute atomic E-state index is 13.2. The SMILES string of the molecule is COc1ccc(C(=O)Nc2ccccc2C)cc1S(=O)(=O)N(C)Cc1ccccc1. The summed E-state index contributed by atoms with van der Waals surface area (Å²) in [5, 5.41) is 2.82. The molecule has 0 saturated carbocycles. The van der Waals surface area contributed by atoms with Gasteiger partial charge in [0.05, 0.1) is 7.11 Å². The van der Waals surface area contributed by atoms with E-state index in [0.717, 1.165) is 11.1 Å². The monoisotopic (exact) mass is 424 g/mol. The standard InChI is InChI=1S/C23H24N2O4S/c1-17-9-7-8-12-20(17)24-23(26)19-13-14-21(29-3)22(15-19)30(27,28)25(2)16-18-10-5-4-6-11-18/h4-15H,16H2,1-3H3,(H,24,26). The Labute approximate surface area is 177 Å². The summed E-state index contributed by atoms with van der Waals surface area (Å²) in [7, 11) is -0.985. The molecule has 0 aliphatic heterocycles. The van der Waals surface area contributed by atoms with E-state index < -0.39 is 15.9 Å². The number of hydrogen-bond donors (Lipinski definition) is 1. The lowest BCUT2D eigenvalue weighted by Gasteiger charge is -2.19. The Morgan fingerprint density at radius 3 is 2.33 bits per heavy atom. The molecule has 0 unspecified atom stereocenters. The van der Waals surface area contributed by atoms with Crippen LogP contribution in [-0.4, -0.2) is 32.8 Å². The van der Waals surface area contributed by atoms with E-state index in [0.29, 0.717) is 5.69 Å². The van der Waals surface area contributed by atoms with E-state index in [1.54, 1.807) is 12.1 Å². The maximum atomic E-state index is 13.2. The average molecular weight is 425 g/mol. The molecule has 0 spiro atoms. The summed E-state index contributed by atoms with van der Waals surface area (Å²) in [4.78, 5) is 12.7. The molecule has 0 bridgehead atoms. The van der Waals surface area contributed by atoms with Gasteiger partial charge >= 0.3 is 0 Å². The lowest BCUT2D eigenvalue weighted by Crippen LogP contribution is -2.27. The van der Waals surface area contributed by atoms with Gasteiger partial charge in [-0.3, -0.25) is 4.79 Å². The fourth-order valence-corrected chi connectivity index (χ4v) is 4.36. The third kappa shape index (κ3) is 4.69. The number of nitrogens with one attached hydrogen (secondary N) is 1. The van der Waals surface area contributed by atoms with Gasteiger partial charge in [0.25, 0.3) is 5.91 Å². The smallest absolute Gasteiger partial charge is 0.255 e. The van der Waals surface area contributed by atoms with Crippen LogP contribution in [0.2, 0.25) is 0 Å². The molecule has 0 fully saturated rings. The van der Waals surface area contributed by atoms with Crippen LogP contribution < -0.4 is 10.1 Å². The molecule has 3 rings (SSSR count). The van der Waals surface area contributed by atoms with E-state index in [2.05, 4.69) is 5.32 Å². The van der Waals surface area contributed by atoms with Crippen LogP contribution in [0.15, 0.2) is 77.7 Å². The molecule has 0 atom stereocenters. The lowest BCUT2D eigenvalue weighted by atomic mass is 10.1. The van der Waals surface area contributed by atoms with E-state index in [9.17, 15) is 13.2 Å². The fraction of sp³-hybridized carbons (Fsp3) is 0.174. The van der Waals surface area contributed by atoms with Crippen molar-refractivity contribution in [1.82, 2.24) is 4.31 Å². The highest BCUT2D eigenvalue weighted by Gasteiger charge is 2.26. The highest BCUT2D eigenvalue weighted by atomic mass is 32.2. The Bertz CT molecular complexity index is 1140. The van der Waals surface area contributed by atoms with Gasteiger partial charge in [0, 0.05) is 24.8 Å². The van der Waals surface area contributed by atoms with Crippen LogP contribution in [-0.2, 0) is 16.6 Å². The van der Waals surface area contributed by atoms with Gasteiger partial charge < -0.3 is 10.1 Å². The number of sulfonamides is 1. The maximum Gasteiger partial charge on any atom is 0.255 e. The zero-order valence-electron chi connectivity index (χ0n) is 17.1. The number of hydrogen-bond acceptors (Lipinski definition) is 4. The molecule has 156 valence electrons. The van der Waals surface area contributed by atoms with Gasteiger partial charge in [-0.05, 0) is 42.3 Å². The number of anilines is 1. The van der Waals surface area contributed by atoms with Crippen molar-refractivity contribution in [3.05, 3.63) is 89.5 Å². The van der Waals surface area contributed by atoms with Gasteiger partial charge in [-0.1, -0.05) is 48.5 Å². The molecule has 0 radical (unpaired) electrons. The van der Waals surface area contributed by atoms with Crippen LogP contribution >= 0.6 is 0 Å². The first-order chi connectivity index (χ1) is 14.3. The summed E-state index contributed by atoms with van der Waals surface area (Å²) in [5.41, 5.74) is 2.67. The predicted molar refractivity (Wildman–Crippen MR) is 117 cm³/mol. The van der Waals surface area contributed by atoms with Crippen LogP contribution in [0.25, 0.3) is 0 Å². The molecule has 30 heavy (non-hydrogen) atoms. The Morgan fingerprint density at radius 2 is 1.67 bits per heavy atom. The minimum atomic E-state index is -3.89. The quantitative estimate of drug-likeness (QED) is 0.620. The van der Waals surface area contributed by atoms with Gasteiger partial charge in [-0.2, -0.15) is 4.31 Å². The number of carbonyl (C=O) groups is 1. The van der Waals surface area contributed by atoms with Crippen LogP contribution in [0.3, 0.4) is 0 Å². The molecular formula is C23H24N2O4S. The number of amides is 1. The molecule has 1 N–H and O–H groups in total. The second-order valence-electron chi connectivity index (χ2n) is 6.88. The summed E-state index contributed by atoms with van der Waals surface area (Å²) in [6.07, 6.45) is 0.